The molecule has 4 rings (SSSR count). The fourth-order valence-corrected chi connectivity index (χ4v) is 2.55. The van der Waals surface area contributed by atoms with Crippen molar-refractivity contribution in [2.45, 2.75) is 0 Å². The van der Waals surface area contributed by atoms with Crippen LogP contribution in [0.3, 0.4) is 0 Å². The predicted octanol–water partition coefficient (Wildman–Crippen LogP) is 4.21. The number of hydrogen-bond acceptors (Lipinski definition) is 3. The molecule has 0 fully saturated rings. The molecule has 0 radical (unpaired) electrons. The maximum absolute atomic E-state index is 5.99. The Hall–Kier alpha value is -2.46. The molecule has 0 saturated heterocycles. The number of rotatable bonds is 1. The number of imidazole rings is 1. The van der Waals surface area contributed by atoms with E-state index in [9.17, 15) is 0 Å². The number of nitrogen functional groups attached to an aromatic ring is 1. The molecular formula is C15H10ClN3O. The molecule has 4 aromatic rings. The summed E-state index contributed by atoms with van der Waals surface area (Å²) in [4.78, 5) is 7.67. The summed E-state index contributed by atoms with van der Waals surface area (Å²) in [6, 6.07) is 13.3. The van der Waals surface area contributed by atoms with Gasteiger partial charge in [-0.05, 0) is 24.3 Å². The van der Waals surface area contributed by atoms with Crippen molar-refractivity contribution >= 4 is 39.3 Å². The van der Waals surface area contributed by atoms with Crippen molar-refractivity contribution in [1.82, 2.24) is 9.97 Å². The molecule has 0 saturated carbocycles. The topological polar surface area (TPSA) is 67.8 Å². The fraction of sp³-hybridized carbons (Fsp3) is 0. The van der Waals surface area contributed by atoms with E-state index in [1.165, 1.54) is 0 Å². The highest BCUT2D eigenvalue weighted by molar-refractivity contribution is 6.31. The molecule has 3 N–H and O–H groups in total. The molecule has 20 heavy (non-hydrogen) atoms. The van der Waals surface area contributed by atoms with Gasteiger partial charge in [-0.1, -0.05) is 29.8 Å². The number of nitrogens with one attached hydrogen (secondary N) is 1. The number of H-pyrrole nitrogens is 1. The van der Waals surface area contributed by atoms with Gasteiger partial charge in [0.2, 0.25) is 0 Å². The zero-order valence-electron chi connectivity index (χ0n) is 10.4. The second-order valence-electron chi connectivity index (χ2n) is 4.63. The number of anilines is 1. The first-order chi connectivity index (χ1) is 9.70. The van der Waals surface area contributed by atoms with Gasteiger partial charge in [0.05, 0.1) is 11.2 Å². The molecule has 98 valence electrons. The van der Waals surface area contributed by atoms with Crippen LogP contribution in [0.1, 0.15) is 0 Å². The van der Waals surface area contributed by atoms with E-state index in [1.54, 1.807) is 12.1 Å². The molecule has 0 spiro atoms. The first kappa shape index (κ1) is 11.4. The van der Waals surface area contributed by atoms with Crippen LogP contribution in [0.2, 0.25) is 5.02 Å². The third kappa shape index (κ3) is 1.66. The molecule has 5 heteroatoms. The van der Waals surface area contributed by atoms with Gasteiger partial charge in [0.25, 0.3) is 0 Å². The fourth-order valence-electron chi connectivity index (χ4n) is 2.32. The molecule has 0 aliphatic heterocycles. The minimum atomic E-state index is 0.547. The number of nitrogens with two attached hydrogens (primary N) is 1. The van der Waals surface area contributed by atoms with Crippen molar-refractivity contribution < 1.29 is 4.42 Å². The largest absolute Gasteiger partial charge is 0.453 e. The predicted molar refractivity (Wildman–Crippen MR) is 80.7 cm³/mol. The zero-order valence-corrected chi connectivity index (χ0v) is 11.1. The second-order valence-corrected chi connectivity index (χ2v) is 5.06. The Labute approximate surface area is 119 Å². The molecule has 0 bridgehead atoms. The van der Waals surface area contributed by atoms with Gasteiger partial charge >= 0.3 is 0 Å². The summed E-state index contributed by atoms with van der Waals surface area (Å²) >= 11 is 5.99. The average Bonchev–Trinajstić information content (AvgIpc) is 3.01. The summed E-state index contributed by atoms with van der Waals surface area (Å²) in [7, 11) is 0. The summed E-state index contributed by atoms with van der Waals surface area (Å²) in [6.45, 7) is 0. The number of furan rings is 1. The summed E-state index contributed by atoms with van der Waals surface area (Å²) in [5.41, 5.74) is 8.80. The van der Waals surface area contributed by atoms with E-state index < -0.39 is 0 Å². The highest BCUT2D eigenvalue weighted by Gasteiger charge is 2.12. The highest BCUT2D eigenvalue weighted by Crippen LogP contribution is 2.30. The van der Waals surface area contributed by atoms with Crippen LogP contribution in [0.15, 0.2) is 46.9 Å². The van der Waals surface area contributed by atoms with Crippen molar-refractivity contribution in [2.75, 3.05) is 5.73 Å². The van der Waals surface area contributed by atoms with Gasteiger partial charge in [-0.15, -0.1) is 0 Å². The minimum Gasteiger partial charge on any atom is -0.453 e. The smallest absolute Gasteiger partial charge is 0.174 e. The van der Waals surface area contributed by atoms with Crippen LogP contribution in [-0.4, -0.2) is 9.97 Å². The summed E-state index contributed by atoms with van der Waals surface area (Å²) < 4.78 is 5.79. The Morgan fingerprint density at radius 3 is 2.85 bits per heavy atom. The van der Waals surface area contributed by atoms with E-state index in [1.807, 2.05) is 30.3 Å². The summed E-state index contributed by atoms with van der Waals surface area (Å²) in [5.74, 6) is 1.32. The lowest BCUT2D eigenvalue weighted by atomic mass is 10.2. The van der Waals surface area contributed by atoms with Gasteiger partial charge in [-0.3, -0.25) is 0 Å². The zero-order chi connectivity index (χ0) is 13.7. The maximum atomic E-state index is 5.99. The SMILES string of the molecule is Nc1cc(Cl)cc2[nH]c(-c3cc4ccccc4o3)nc12. The number of para-hydroxylation sites is 1. The number of benzene rings is 2. The van der Waals surface area contributed by atoms with Gasteiger partial charge in [0.1, 0.15) is 11.1 Å². The van der Waals surface area contributed by atoms with Gasteiger partial charge in [0, 0.05) is 10.4 Å². The quantitative estimate of drug-likeness (QED) is 0.514. The Balaban J connectivity index is 1.95. The lowest BCUT2D eigenvalue weighted by Gasteiger charge is -1.94. The number of nitrogens with zero attached hydrogens (tertiary/aromatic N) is 1. The van der Waals surface area contributed by atoms with E-state index in [2.05, 4.69) is 9.97 Å². The van der Waals surface area contributed by atoms with Crippen molar-refractivity contribution in [3.05, 3.63) is 47.5 Å². The van der Waals surface area contributed by atoms with Gasteiger partial charge in [0.15, 0.2) is 11.6 Å². The molecule has 0 aliphatic carbocycles. The van der Waals surface area contributed by atoms with Crippen LogP contribution < -0.4 is 5.73 Å². The molecule has 0 aliphatic rings. The monoisotopic (exact) mass is 283 g/mol. The Bertz CT molecular complexity index is 906. The van der Waals surface area contributed by atoms with Gasteiger partial charge in [-0.25, -0.2) is 4.98 Å². The van der Waals surface area contributed by atoms with Crippen molar-refractivity contribution in [2.24, 2.45) is 0 Å². The van der Waals surface area contributed by atoms with E-state index in [4.69, 9.17) is 21.8 Å². The first-order valence-corrected chi connectivity index (χ1v) is 6.52. The second kappa shape index (κ2) is 4.02. The molecule has 0 unspecified atom stereocenters. The van der Waals surface area contributed by atoms with Gasteiger partial charge < -0.3 is 15.1 Å². The molecule has 0 amide bonds. The number of fused-ring (bicyclic) bond motifs is 2. The number of hydrogen-bond donors (Lipinski definition) is 2. The van der Waals surface area contributed by atoms with E-state index >= 15 is 0 Å². The van der Waals surface area contributed by atoms with E-state index in [0.29, 0.717) is 27.8 Å². The van der Waals surface area contributed by atoms with Crippen molar-refractivity contribution in [1.29, 1.82) is 0 Å². The normalized spacial score (nSPS) is 11.4. The lowest BCUT2D eigenvalue weighted by molar-refractivity contribution is 0.627. The highest BCUT2D eigenvalue weighted by atomic mass is 35.5. The van der Waals surface area contributed by atoms with Crippen LogP contribution in [0.25, 0.3) is 33.6 Å². The summed E-state index contributed by atoms with van der Waals surface area (Å²) in [6.07, 6.45) is 0. The molecule has 0 atom stereocenters. The average molecular weight is 284 g/mol. The van der Waals surface area contributed by atoms with Gasteiger partial charge in [-0.2, -0.15) is 0 Å². The molecular weight excluding hydrogens is 274 g/mol. The Morgan fingerprint density at radius 1 is 1.15 bits per heavy atom. The summed E-state index contributed by atoms with van der Waals surface area (Å²) in [5, 5.41) is 1.61. The molecule has 2 aromatic carbocycles. The van der Waals surface area contributed by atoms with Crippen LogP contribution in [0.5, 0.6) is 0 Å². The van der Waals surface area contributed by atoms with Crippen molar-refractivity contribution in [3.8, 4) is 11.6 Å². The number of halogens is 1. The third-order valence-corrected chi connectivity index (χ3v) is 3.46. The Morgan fingerprint density at radius 2 is 2.00 bits per heavy atom. The maximum Gasteiger partial charge on any atom is 0.174 e. The molecule has 2 heterocycles. The van der Waals surface area contributed by atoms with Crippen molar-refractivity contribution in [3.63, 3.8) is 0 Å². The third-order valence-electron chi connectivity index (χ3n) is 3.24. The molecule has 2 aromatic heterocycles. The minimum absolute atomic E-state index is 0.547. The van der Waals surface area contributed by atoms with Crippen LogP contribution in [0, 0.1) is 0 Å². The number of aromatic nitrogens is 2. The Kier molecular flexibility index (Phi) is 2.28. The van der Waals surface area contributed by atoms with Crippen LogP contribution in [-0.2, 0) is 0 Å². The van der Waals surface area contributed by atoms with E-state index in [0.717, 1.165) is 16.5 Å². The van der Waals surface area contributed by atoms with Crippen LogP contribution >= 0.6 is 11.6 Å². The molecule has 4 nitrogen and oxygen atoms in total. The first-order valence-electron chi connectivity index (χ1n) is 6.14. The number of aromatic amines is 1. The lowest BCUT2D eigenvalue weighted by Crippen LogP contribution is -1.86. The standard InChI is InChI=1S/C15H10ClN3O/c16-9-6-10(17)14-11(7-9)18-15(19-14)13-5-8-3-1-2-4-12(8)20-13/h1-7H,17H2,(H,18,19). The van der Waals surface area contributed by atoms with Crippen LogP contribution in [0.4, 0.5) is 5.69 Å². The van der Waals surface area contributed by atoms with E-state index in [-0.39, 0.29) is 0 Å².